The summed E-state index contributed by atoms with van der Waals surface area (Å²) in [4.78, 5) is 1.94. The highest BCUT2D eigenvalue weighted by Gasteiger charge is 2.41. The van der Waals surface area contributed by atoms with Gasteiger partial charge in [0.1, 0.15) is 0 Å². The summed E-state index contributed by atoms with van der Waals surface area (Å²) in [6.07, 6.45) is -2.12. The number of likely N-dealkylation sites (tertiary alicyclic amines) is 1. The first-order valence-corrected chi connectivity index (χ1v) is 5.22. The molecule has 0 spiro atoms. The molecule has 0 aromatic heterocycles. The molecule has 1 heterocycles. The molecule has 0 saturated carbocycles. The van der Waals surface area contributed by atoms with Crippen LogP contribution in [0.5, 0.6) is 0 Å². The Kier molecular flexibility index (Phi) is 3.81. The number of rotatable bonds is 1. The average molecular weight is 209 g/mol. The Hall–Kier alpha value is -0.250. The van der Waals surface area contributed by atoms with E-state index in [2.05, 4.69) is 0 Å². The third-order valence-corrected chi connectivity index (χ3v) is 2.90. The van der Waals surface area contributed by atoms with E-state index < -0.39 is 12.1 Å². The number of halogens is 3. The van der Waals surface area contributed by atoms with Gasteiger partial charge in [0, 0.05) is 12.6 Å². The van der Waals surface area contributed by atoms with Crippen LogP contribution < -0.4 is 0 Å². The van der Waals surface area contributed by atoms with E-state index in [1.807, 2.05) is 18.7 Å². The van der Waals surface area contributed by atoms with Crippen LogP contribution in [0.25, 0.3) is 0 Å². The Labute approximate surface area is 83.3 Å². The quantitative estimate of drug-likeness (QED) is 0.641. The molecule has 1 saturated heterocycles. The van der Waals surface area contributed by atoms with E-state index in [1.165, 1.54) is 0 Å². The fourth-order valence-corrected chi connectivity index (χ4v) is 1.91. The number of nitrogens with zero attached hydrogens (tertiary/aromatic N) is 1. The van der Waals surface area contributed by atoms with Crippen molar-refractivity contribution in [3.05, 3.63) is 0 Å². The van der Waals surface area contributed by atoms with Crippen LogP contribution in [-0.4, -0.2) is 30.2 Å². The summed E-state index contributed by atoms with van der Waals surface area (Å²) in [6, 6.07) is 0.220. The molecule has 0 amide bonds. The van der Waals surface area contributed by atoms with Crippen LogP contribution in [0.3, 0.4) is 0 Å². The Morgan fingerprint density at radius 1 is 1.21 bits per heavy atom. The maximum absolute atomic E-state index is 12.5. The monoisotopic (exact) mass is 209 g/mol. The van der Waals surface area contributed by atoms with Gasteiger partial charge in [0.25, 0.3) is 0 Å². The maximum Gasteiger partial charge on any atom is 0.393 e. The molecule has 0 bridgehead atoms. The summed E-state index contributed by atoms with van der Waals surface area (Å²) in [5.74, 6) is -1.12. The molecular weight excluding hydrogens is 191 g/mol. The van der Waals surface area contributed by atoms with Gasteiger partial charge in [-0.25, -0.2) is 0 Å². The van der Waals surface area contributed by atoms with Gasteiger partial charge in [0.2, 0.25) is 0 Å². The van der Waals surface area contributed by atoms with Crippen molar-refractivity contribution in [1.82, 2.24) is 4.90 Å². The molecule has 0 aliphatic carbocycles. The van der Waals surface area contributed by atoms with E-state index in [0.29, 0.717) is 12.8 Å². The number of hydrogen-bond donors (Lipinski definition) is 0. The third kappa shape index (κ3) is 3.15. The zero-order chi connectivity index (χ0) is 10.8. The average Bonchev–Trinajstić information content (AvgIpc) is 2.26. The molecule has 1 atom stereocenters. The first-order valence-electron chi connectivity index (χ1n) is 5.22. The zero-order valence-corrected chi connectivity index (χ0v) is 8.77. The van der Waals surface area contributed by atoms with Crippen LogP contribution in [0.1, 0.15) is 33.1 Å². The van der Waals surface area contributed by atoms with Crippen molar-refractivity contribution in [2.45, 2.75) is 45.3 Å². The van der Waals surface area contributed by atoms with Gasteiger partial charge in [-0.3, -0.25) is 0 Å². The first-order chi connectivity index (χ1) is 6.41. The minimum absolute atomic E-state index is 0.182. The maximum atomic E-state index is 12.5. The van der Waals surface area contributed by atoms with Gasteiger partial charge in [-0.15, -0.1) is 0 Å². The van der Waals surface area contributed by atoms with Crippen molar-refractivity contribution in [1.29, 1.82) is 0 Å². The lowest BCUT2D eigenvalue weighted by atomic mass is 10.0. The summed E-state index contributed by atoms with van der Waals surface area (Å²) in [7, 11) is 0. The SMILES string of the molecule is CC(C)N1CCCC[C@@H](C(F)(F)F)C1. The molecule has 1 aliphatic heterocycles. The fraction of sp³-hybridized carbons (Fsp3) is 1.00. The molecule has 1 rings (SSSR count). The molecular formula is C10H18F3N. The van der Waals surface area contributed by atoms with Gasteiger partial charge >= 0.3 is 6.18 Å². The first kappa shape index (κ1) is 11.8. The Balaban J connectivity index is 2.60. The van der Waals surface area contributed by atoms with Crippen LogP contribution in [0.2, 0.25) is 0 Å². The molecule has 0 aromatic rings. The standard InChI is InChI=1S/C10H18F3N/c1-8(2)14-6-4-3-5-9(7-14)10(11,12)13/h8-9H,3-7H2,1-2H3/t9-/m1/s1. The van der Waals surface area contributed by atoms with Gasteiger partial charge in [-0.1, -0.05) is 6.42 Å². The Bertz CT molecular complexity index is 177. The van der Waals surface area contributed by atoms with E-state index in [-0.39, 0.29) is 12.6 Å². The van der Waals surface area contributed by atoms with Gasteiger partial charge in [-0.05, 0) is 33.2 Å². The van der Waals surface area contributed by atoms with Crippen LogP contribution >= 0.6 is 0 Å². The molecule has 1 nitrogen and oxygen atoms in total. The highest BCUT2D eigenvalue weighted by atomic mass is 19.4. The van der Waals surface area contributed by atoms with Crippen molar-refractivity contribution in [2.75, 3.05) is 13.1 Å². The molecule has 0 radical (unpaired) electrons. The fourth-order valence-electron chi connectivity index (χ4n) is 1.91. The number of hydrogen-bond acceptors (Lipinski definition) is 1. The lowest BCUT2D eigenvalue weighted by Gasteiger charge is -2.28. The molecule has 4 heteroatoms. The Morgan fingerprint density at radius 3 is 2.36 bits per heavy atom. The van der Waals surface area contributed by atoms with Crippen molar-refractivity contribution in [3.63, 3.8) is 0 Å². The highest BCUT2D eigenvalue weighted by Crippen LogP contribution is 2.33. The van der Waals surface area contributed by atoms with Gasteiger partial charge in [0.15, 0.2) is 0 Å². The van der Waals surface area contributed by atoms with Crippen molar-refractivity contribution in [2.24, 2.45) is 5.92 Å². The van der Waals surface area contributed by atoms with Crippen LogP contribution in [-0.2, 0) is 0 Å². The predicted molar refractivity (Wildman–Crippen MR) is 50.1 cm³/mol. The van der Waals surface area contributed by atoms with E-state index in [4.69, 9.17) is 0 Å². The van der Waals surface area contributed by atoms with Crippen LogP contribution in [0.4, 0.5) is 13.2 Å². The minimum atomic E-state index is -4.02. The second kappa shape index (κ2) is 4.51. The van der Waals surface area contributed by atoms with E-state index in [1.54, 1.807) is 0 Å². The molecule has 0 N–H and O–H groups in total. The lowest BCUT2D eigenvalue weighted by Crippen LogP contribution is -2.39. The van der Waals surface area contributed by atoms with Crippen LogP contribution in [0, 0.1) is 5.92 Å². The molecule has 0 aromatic carbocycles. The van der Waals surface area contributed by atoms with Crippen molar-refractivity contribution < 1.29 is 13.2 Å². The summed E-state index contributed by atoms with van der Waals surface area (Å²) >= 11 is 0. The molecule has 0 unspecified atom stereocenters. The second-order valence-electron chi connectivity index (χ2n) is 4.32. The third-order valence-electron chi connectivity index (χ3n) is 2.90. The lowest BCUT2D eigenvalue weighted by molar-refractivity contribution is -0.180. The second-order valence-corrected chi connectivity index (χ2v) is 4.32. The molecule has 1 aliphatic rings. The van der Waals surface area contributed by atoms with E-state index in [9.17, 15) is 13.2 Å². The van der Waals surface area contributed by atoms with Crippen LogP contribution in [0.15, 0.2) is 0 Å². The van der Waals surface area contributed by atoms with Gasteiger partial charge in [0.05, 0.1) is 5.92 Å². The van der Waals surface area contributed by atoms with Crippen molar-refractivity contribution in [3.8, 4) is 0 Å². The highest BCUT2D eigenvalue weighted by molar-refractivity contribution is 4.77. The molecule has 14 heavy (non-hydrogen) atoms. The smallest absolute Gasteiger partial charge is 0.300 e. The molecule has 1 fully saturated rings. The summed E-state index contributed by atoms with van der Waals surface area (Å²) in [5, 5.41) is 0. The summed E-state index contributed by atoms with van der Waals surface area (Å²) < 4.78 is 37.6. The van der Waals surface area contributed by atoms with Gasteiger partial charge in [-0.2, -0.15) is 13.2 Å². The molecule has 84 valence electrons. The largest absolute Gasteiger partial charge is 0.393 e. The summed E-state index contributed by atoms with van der Waals surface area (Å²) in [5.41, 5.74) is 0. The topological polar surface area (TPSA) is 3.24 Å². The van der Waals surface area contributed by atoms with Crippen molar-refractivity contribution >= 4 is 0 Å². The zero-order valence-electron chi connectivity index (χ0n) is 8.77. The summed E-state index contributed by atoms with van der Waals surface area (Å²) in [6.45, 7) is 4.91. The number of alkyl halides is 3. The predicted octanol–water partition coefficient (Wildman–Crippen LogP) is 3.06. The van der Waals surface area contributed by atoms with E-state index in [0.717, 1.165) is 13.0 Å². The van der Waals surface area contributed by atoms with E-state index >= 15 is 0 Å². The normalized spacial score (nSPS) is 26.6. The minimum Gasteiger partial charge on any atom is -0.300 e. The van der Waals surface area contributed by atoms with Gasteiger partial charge < -0.3 is 4.90 Å². The Morgan fingerprint density at radius 2 is 1.86 bits per heavy atom.